The first-order valence-electron chi connectivity index (χ1n) is 4.45. The van der Waals surface area contributed by atoms with E-state index in [9.17, 15) is 0 Å². The van der Waals surface area contributed by atoms with Crippen molar-refractivity contribution in [2.45, 2.75) is 6.54 Å². The van der Waals surface area contributed by atoms with Crippen molar-refractivity contribution >= 4 is 0 Å². The lowest BCUT2D eigenvalue weighted by atomic mass is 10.1. The minimum Gasteiger partial charge on any atom is -0.326 e. The van der Waals surface area contributed by atoms with Crippen molar-refractivity contribution in [3.8, 4) is 11.3 Å². The van der Waals surface area contributed by atoms with Gasteiger partial charge in [-0.15, -0.1) is 0 Å². The fourth-order valence-electron chi connectivity index (χ4n) is 1.29. The van der Waals surface area contributed by atoms with E-state index < -0.39 is 0 Å². The molecule has 0 saturated heterocycles. The van der Waals surface area contributed by atoms with Crippen LogP contribution in [0.4, 0.5) is 0 Å². The molecule has 14 heavy (non-hydrogen) atoms. The van der Waals surface area contributed by atoms with Gasteiger partial charge < -0.3 is 5.73 Å². The summed E-state index contributed by atoms with van der Waals surface area (Å²) in [6.45, 7) is 0.570. The largest absolute Gasteiger partial charge is 0.326 e. The van der Waals surface area contributed by atoms with E-state index >= 15 is 0 Å². The zero-order valence-corrected chi connectivity index (χ0v) is 8.01. The third-order valence-corrected chi connectivity index (χ3v) is 2.08. The molecule has 72 valence electrons. The van der Waals surface area contributed by atoms with E-state index in [4.69, 9.17) is 5.73 Å². The van der Waals surface area contributed by atoms with Crippen LogP contribution in [0.3, 0.4) is 0 Å². The predicted molar refractivity (Wildman–Crippen MR) is 54.3 cm³/mol. The number of rotatable bonds is 2. The average Bonchev–Trinajstić information content (AvgIpc) is 2.65. The molecule has 1 aromatic heterocycles. The van der Waals surface area contributed by atoms with Crippen LogP contribution < -0.4 is 5.73 Å². The van der Waals surface area contributed by atoms with Crippen LogP contribution in [0, 0.1) is 0 Å². The lowest BCUT2D eigenvalue weighted by Gasteiger charge is -1.98. The first-order valence-corrected chi connectivity index (χ1v) is 4.45. The van der Waals surface area contributed by atoms with E-state index in [0.29, 0.717) is 6.54 Å². The van der Waals surface area contributed by atoms with Gasteiger partial charge in [-0.3, -0.25) is 0 Å². The molecule has 1 aromatic carbocycles. The van der Waals surface area contributed by atoms with Crippen LogP contribution in [-0.2, 0) is 13.6 Å². The first kappa shape index (κ1) is 8.90. The number of benzene rings is 1. The second-order valence-corrected chi connectivity index (χ2v) is 3.12. The van der Waals surface area contributed by atoms with Crippen LogP contribution in [0.5, 0.6) is 0 Å². The van der Waals surface area contributed by atoms with Gasteiger partial charge in [-0.05, 0) is 5.56 Å². The molecule has 2 N–H and O–H groups in total. The van der Waals surface area contributed by atoms with Crippen molar-refractivity contribution in [2.24, 2.45) is 12.8 Å². The smallest absolute Gasteiger partial charge is 0.113 e. The van der Waals surface area contributed by atoms with Crippen LogP contribution in [0.2, 0.25) is 0 Å². The van der Waals surface area contributed by atoms with Gasteiger partial charge in [0.25, 0.3) is 0 Å². The third-order valence-electron chi connectivity index (χ3n) is 2.08. The van der Waals surface area contributed by atoms with Crippen LogP contribution in [0.25, 0.3) is 11.3 Å². The van der Waals surface area contributed by atoms with Gasteiger partial charge in [0, 0.05) is 19.2 Å². The van der Waals surface area contributed by atoms with Gasteiger partial charge >= 0.3 is 0 Å². The maximum absolute atomic E-state index is 5.51. The number of hydrogen-bond donors (Lipinski definition) is 1. The molecule has 0 spiro atoms. The molecule has 2 rings (SSSR count). The van der Waals surface area contributed by atoms with E-state index in [2.05, 4.69) is 10.2 Å². The minimum absolute atomic E-state index is 0.570. The Bertz CT molecular complexity index is 416. The standard InChI is InChI=1S/C10H12N4/c1-14-12-7-10(13-14)9-4-2-8(6-11)3-5-9/h2-5,7H,6,11H2,1H3. The summed E-state index contributed by atoms with van der Waals surface area (Å²) in [6, 6.07) is 8.02. The summed E-state index contributed by atoms with van der Waals surface area (Å²) in [6.07, 6.45) is 1.75. The Morgan fingerprint density at radius 2 is 2.00 bits per heavy atom. The molecule has 0 bridgehead atoms. The lowest BCUT2D eigenvalue weighted by molar-refractivity contribution is 0.655. The molecule has 2 aromatic rings. The van der Waals surface area contributed by atoms with Crippen molar-refractivity contribution in [3.05, 3.63) is 36.0 Å². The van der Waals surface area contributed by atoms with Crippen LogP contribution in [0.1, 0.15) is 5.56 Å². The summed E-state index contributed by atoms with van der Waals surface area (Å²) in [5.41, 5.74) is 8.58. The summed E-state index contributed by atoms with van der Waals surface area (Å²) >= 11 is 0. The van der Waals surface area contributed by atoms with Crippen LogP contribution in [0.15, 0.2) is 30.5 Å². The summed E-state index contributed by atoms with van der Waals surface area (Å²) in [5, 5.41) is 8.23. The number of hydrogen-bond acceptors (Lipinski definition) is 3. The highest BCUT2D eigenvalue weighted by atomic mass is 15.4. The fraction of sp³-hybridized carbons (Fsp3) is 0.200. The monoisotopic (exact) mass is 188 g/mol. The molecule has 4 heteroatoms. The lowest BCUT2D eigenvalue weighted by Crippen LogP contribution is -1.95. The highest BCUT2D eigenvalue weighted by Gasteiger charge is 2.00. The van der Waals surface area contributed by atoms with E-state index in [1.165, 1.54) is 0 Å². The zero-order chi connectivity index (χ0) is 9.97. The molecule has 0 unspecified atom stereocenters. The molecule has 0 aliphatic carbocycles. The Morgan fingerprint density at radius 3 is 2.50 bits per heavy atom. The Labute approximate surface area is 82.4 Å². The maximum Gasteiger partial charge on any atom is 0.113 e. The summed E-state index contributed by atoms with van der Waals surface area (Å²) in [5.74, 6) is 0. The van der Waals surface area contributed by atoms with Gasteiger partial charge in [0.1, 0.15) is 5.69 Å². The Morgan fingerprint density at radius 1 is 1.29 bits per heavy atom. The van der Waals surface area contributed by atoms with Gasteiger partial charge in [0.05, 0.1) is 6.20 Å². The highest BCUT2D eigenvalue weighted by molar-refractivity contribution is 5.57. The normalized spacial score (nSPS) is 10.4. The van der Waals surface area contributed by atoms with Crippen LogP contribution in [-0.4, -0.2) is 15.0 Å². The number of nitrogens with two attached hydrogens (primary N) is 1. The second kappa shape index (κ2) is 3.59. The molecule has 4 nitrogen and oxygen atoms in total. The average molecular weight is 188 g/mol. The SMILES string of the molecule is Cn1ncc(-c2ccc(CN)cc2)n1. The predicted octanol–water partition coefficient (Wildman–Crippen LogP) is 0.941. The summed E-state index contributed by atoms with van der Waals surface area (Å²) in [4.78, 5) is 1.55. The minimum atomic E-state index is 0.570. The zero-order valence-electron chi connectivity index (χ0n) is 8.01. The van der Waals surface area contributed by atoms with Crippen molar-refractivity contribution in [1.29, 1.82) is 0 Å². The second-order valence-electron chi connectivity index (χ2n) is 3.12. The summed E-state index contributed by atoms with van der Waals surface area (Å²) < 4.78 is 0. The van der Waals surface area contributed by atoms with Gasteiger partial charge in [-0.1, -0.05) is 24.3 Å². The van der Waals surface area contributed by atoms with Gasteiger partial charge in [-0.2, -0.15) is 15.0 Å². The Balaban J connectivity index is 2.33. The van der Waals surface area contributed by atoms with Gasteiger partial charge in [0.15, 0.2) is 0 Å². The Kier molecular flexibility index (Phi) is 2.28. The number of aryl methyl sites for hydroxylation is 1. The van der Waals surface area contributed by atoms with E-state index in [0.717, 1.165) is 16.8 Å². The van der Waals surface area contributed by atoms with Crippen molar-refractivity contribution in [2.75, 3.05) is 0 Å². The summed E-state index contributed by atoms with van der Waals surface area (Å²) in [7, 11) is 1.80. The number of nitrogens with zero attached hydrogens (tertiary/aromatic N) is 3. The fourth-order valence-corrected chi connectivity index (χ4v) is 1.29. The molecule has 0 aliphatic heterocycles. The van der Waals surface area contributed by atoms with Crippen molar-refractivity contribution in [3.63, 3.8) is 0 Å². The molecule has 0 saturated carbocycles. The van der Waals surface area contributed by atoms with E-state index in [1.807, 2.05) is 24.3 Å². The first-order chi connectivity index (χ1) is 6.79. The topological polar surface area (TPSA) is 56.7 Å². The Hall–Kier alpha value is -1.68. The molecule has 0 fully saturated rings. The molecule has 0 atom stereocenters. The molecule has 0 aliphatic rings. The van der Waals surface area contributed by atoms with Crippen molar-refractivity contribution in [1.82, 2.24) is 15.0 Å². The molecular formula is C10H12N4. The highest BCUT2D eigenvalue weighted by Crippen LogP contribution is 2.15. The van der Waals surface area contributed by atoms with E-state index in [-0.39, 0.29) is 0 Å². The van der Waals surface area contributed by atoms with Crippen LogP contribution >= 0.6 is 0 Å². The van der Waals surface area contributed by atoms with E-state index in [1.54, 1.807) is 18.0 Å². The number of aromatic nitrogens is 3. The molecule has 1 heterocycles. The molecule has 0 radical (unpaired) electrons. The maximum atomic E-state index is 5.51. The molecular weight excluding hydrogens is 176 g/mol. The quantitative estimate of drug-likeness (QED) is 0.763. The third kappa shape index (κ3) is 1.65. The van der Waals surface area contributed by atoms with Gasteiger partial charge in [-0.25, -0.2) is 0 Å². The van der Waals surface area contributed by atoms with Gasteiger partial charge in [0.2, 0.25) is 0 Å². The van der Waals surface area contributed by atoms with Crippen molar-refractivity contribution < 1.29 is 0 Å². The molecule has 0 amide bonds.